The number of amides is 2. The first-order valence-electron chi connectivity index (χ1n) is 11.0. The summed E-state index contributed by atoms with van der Waals surface area (Å²) in [6, 6.07) is 13.5. The number of rotatable bonds is 3. The Morgan fingerprint density at radius 1 is 1.19 bits per heavy atom. The first-order chi connectivity index (χ1) is 15.1. The molecule has 166 valence electrons. The van der Waals surface area contributed by atoms with Gasteiger partial charge in [-0.2, -0.15) is 0 Å². The van der Waals surface area contributed by atoms with E-state index in [4.69, 9.17) is 12.2 Å². The van der Waals surface area contributed by atoms with E-state index in [0.717, 1.165) is 24.1 Å². The number of nitrogens with zero attached hydrogens (tertiary/aromatic N) is 2. The highest BCUT2D eigenvalue weighted by Crippen LogP contribution is 2.44. The zero-order valence-electron chi connectivity index (χ0n) is 19.2. The zero-order chi connectivity index (χ0) is 23.2. The second kappa shape index (κ2) is 8.17. The number of carbonyl (C=O) groups is 2. The first-order valence-corrected chi connectivity index (χ1v) is 11.4. The minimum absolute atomic E-state index is 0.0820. The lowest BCUT2D eigenvalue weighted by molar-refractivity contribution is -0.122. The topological polar surface area (TPSA) is 52.7 Å². The van der Waals surface area contributed by atoms with Crippen molar-refractivity contribution in [3.05, 3.63) is 64.7 Å². The molecule has 0 aromatic heterocycles. The van der Waals surface area contributed by atoms with Gasteiger partial charge in [-0.05, 0) is 99.3 Å². The van der Waals surface area contributed by atoms with Crippen LogP contribution in [0.5, 0.6) is 0 Å². The Labute approximate surface area is 195 Å². The summed E-state index contributed by atoms with van der Waals surface area (Å²) in [6.45, 7) is 11.9. The highest BCUT2D eigenvalue weighted by molar-refractivity contribution is 7.80. The van der Waals surface area contributed by atoms with Crippen LogP contribution in [0.4, 0.5) is 11.4 Å². The largest absolute Gasteiger partial charge is 0.366 e. The van der Waals surface area contributed by atoms with Crippen molar-refractivity contribution in [2.45, 2.75) is 52.5 Å². The highest BCUT2D eigenvalue weighted by atomic mass is 32.1. The van der Waals surface area contributed by atoms with Crippen molar-refractivity contribution in [2.24, 2.45) is 0 Å². The van der Waals surface area contributed by atoms with E-state index >= 15 is 0 Å². The second-order valence-electron chi connectivity index (χ2n) is 9.22. The molecule has 1 saturated heterocycles. The quantitative estimate of drug-likeness (QED) is 0.411. The molecule has 4 rings (SSSR count). The molecule has 2 aromatic carbocycles. The predicted molar refractivity (Wildman–Crippen MR) is 134 cm³/mol. The number of aryl methyl sites for hydroxylation is 1. The maximum atomic E-state index is 13.3. The normalized spacial score (nSPS) is 21.6. The van der Waals surface area contributed by atoms with E-state index in [2.05, 4.69) is 50.0 Å². The van der Waals surface area contributed by atoms with Gasteiger partial charge in [-0.15, -0.1) is 0 Å². The van der Waals surface area contributed by atoms with Crippen LogP contribution in [0, 0.1) is 6.92 Å². The minimum atomic E-state index is -0.464. The summed E-state index contributed by atoms with van der Waals surface area (Å²) in [7, 11) is 0. The van der Waals surface area contributed by atoms with E-state index in [9.17, 15) is 9.59 Å². The summed E-state index contributed by atoms with van der Waals surface area (Å²) in [5, 5.41) is 2.76. The van der Waals surface area contributed by atoms with Gasteiger partial charge in [0.1, 0.15) is 5.57 Å². The third-order valence-electron chi connectivity index (χ3n) is 6.51. The summed E-state index contributed by atoms with van der Waals surface area (Å²) < 4.78 is 0. The van der Waals surface area contributed by atoms with Crippen LogP contribution in [0.3, 0.4) is 0 Å². The standard InChI is InChI=1S/C26H29N3O2S/c1-6-28-22-12-16(2)18(13-20(22)17(3)15-26(28,4)5)14-21-23(30)27-25(32)29(24(21)31)19-10-8-7-9-11-19/h7-14,17H,6,15H2,1-5H3,(H,27,30,32)/b21-14+/t17-/m1/s1. The number of fused-ring (bicyclic) bond motifs is 1. The van der Waals surface area contributed by atoms with Crippen LogP contribution in [0.2, 0.25) is 0 Å². The van der Waals surface area contributed by atoms with Crippen molar-refractivity contribution in [1.82, 2.24) is 5.32 Å². The Morgan fingerprint density at radius 3 is 2.53 bits per heavy atom. The number of carbonyl (C=O) groups excluding carboxylic acids is 2. The Hall–Kier alpha value is -2.99. The lowest BCUT2D eigenvalue weighted by Crippen LogP contribution is -2.54. The molecular formula is C26H29N3O2S. The van der Waals surface area contributed by atoms with Crippen LogP contribution in [0.25, 0.3) is 6.08 Å². The molecule has 0 bridgehead atoms. The molecule has 0 radical (unpaired) electrons. The molecule has 0 aliphatic carbocycles. The molecule has 2 heterocycles. The number of anilines is 2. The fourth-order valence-electron chi connectivity index (χ4n) is 5.03. The van der Waals surface area contributed by atoms with Crippen LogP contribution in [-0.4, -0.2) is 29.0 Å². The second-order valence-corrected chi connectivity index (χ2v) is 9.61. The molecule has 0 unspecified atom stereocenters. The first kappa shape index (κ1) is 22.2. The molecule has 0 saturated carbocycles. The average molecular weight is 448 g/mol. The van der Waals surface area contributed by atoms with Crippen LogP contribution in [0.1, 0.15) is 56.7 Å². The molecule has 1 atom stereocenters. The van der Waals surface area contributed by atoms with E-state index in [0.29, 0.717) is 11.6 Å². The van der Waals surface area contributed by atoms with Crippen LogP contribution in [0.15, 0.2) is 48.0 Å². The van der Waals surface area contributed by atoms with E-state index in [1.165, 1.54) is 16.2 Å². The molecule has 5 nitrogen and oxygen atoms in total. The van der Waals surface area contributed by atoms with Gasteiger partial charge in [-0.1, -0.05) is 25.1 Å². The number of para-hydroxylation sites is 1. The van der Waals surface area contributed by atoms with Crippen LogP contribution < -0.4 is 15.1 Å². The molecular weight excluding hydrogens is 418 g/mol. The lowest BCUT2D eigenvalue weighted by atomic mass is 9.79. The molecule has 2 aliphatic heterocycles. The summed E-state index contributed by atoms with van der Waals surface area (Å²) in [5.41, 5.74) is 5.20. The number of nitrogens with one attached hydrogen (secondary N) is 1. The fraction of sp³-hybridized carbons (Fsp3) is 0.346. The molecule has 1 fully saturated rings. The van der Waals surface area contributed by atoms with Gasteiger partial charge in [0.2, 0.25) is 0 Å². The summed E-state index contributed by atoms with van der Waals surface area (Å²) >= 11 is 5.29. The van der Waals surface area contributed by atoms with Crippen LogP contribution >= 0.6 is 12.2 Å². The SMILES string of the molecule is CCN1c2cc(C)c(/C=C3\C(=O)NC(=S)N(c4ccccc4)C3=O)cc2[C@H](C)CC1(C)C. The Bertz CT molecular complexity index is 1140. The van der Waals surface area contributed by atoms with Crippen molar-refractivity contribution in [2.75, 3.05) is 16.3 Å². The Morgan fingerprint density at radius 2 is 1.88 bits per heavy atom. The number of benzene rings is 2. The van der Waals surface area contributed by atoms with Crippen molar-refractivity contribution in [3.63, 3.8) is 0 Å². The minimum Gasteiger partial charge on any atom is -0.366 e. The smallest absolute Gasteiger partial charge is 0.270 e. The number of hydrogen-bond donors (Lipinski definition) is 1. The van der Waals surface area contributed by atoms with Gasteiger partial charge < -0.3 is 4.90 Å². The molecule has 6 heteroatoms. The van der Waals surface area contributed by atoms with E-state index in [1.807, 2.05) is 25.1 Å². The van der Waals surface area contributed by atoms with Crippen molar-refractivity contribution < 1.29 is 9.59 Å². The number of hydrogen-bond acceptors (Lipinski definition) is 4. The van der Waals surface area contributed by atoms with E-state index in [1.54, 1.807) is 18.2 Å². The van der Waals surface area contributed by atoms with Crippen molar-refractivity contribution in [1.29, 1.82) is 0 Å². The van der Waals surface area contributed by atoms with Gasteiger partial charge >= 0.3 is 0 Å². The van der Waals surface area contributed by atoms with Crippen molar-refractivity contribution in [3.8, 4) is 0 Å². The molecule has 0 spiro atoms. The maximum absolute atomic E-state index is 13.3. The van der Waals surface area contributed by atoms with Gasteiger partial charge in [-0.25, -0.2) is 0 Å². The third-order valence-corrected chi connectivity index (χ3v) is 6.79. The molecule has 2 aromatic rings. The molecule has 1 N–H and O–H groups in total. The summed E-state index contributed by atoms with van der Waals surface area (Å²) in [5.74, 6) is -0.495. The summed E-state index contributed by atoms with van der Waals surface area (Å²) in [4.78, 5) is 29.8. The summed E-state index contributed by atoms with van der Waals surface area (Å²) in [6.07, 6.45) is 2.75. The average Bonchev–Trinajstić information content (AvgIpc) is 2.72. The fourth-order valence-corrected chi connectivity index (χ4v) is 5.31. The van der Waals surface area contributed by atoms with E-state index < -0.39 is 11.8 Å². The predicted octanol–water partition coefficient (Wildman–Crippen LogP) is 4.94. The van der Waals surface area contributed by atoms with Gasteiger partial charge in [0.25, 0.3) is 11.8 Å². The molecule has 2 aliphatic rings. The Balaban J connectivity index is 1.78. The number of thiocarbonyl (C=S) groups is 1. The Kier molecular flexibility index (Phi) is 5.67. The van der Waals surface area contributed by atoms with Gasteiger partial charge in [0.15, 0.2) is 5.11 Å². The third kappa shape index (κ3) is 3.73. The molecule has 32 heavy (non-hydrogen) atoms. The van der Waals surface area contributed by atoms with Gasteiger partial charge in [-0.3, -0.25) is 19.8 Å². The maximum Gasteiger partial charge on any atom is 0.270 e. The molecule has 2 amide bonds. The zero-order valence-corrected chi connectivity index (χ0v) is 20.0. The van der Waals surface area contributed by atoms with Crippen LogP contribution in [-0.2, 0) is 9.59 Å². The van der Waals surface area contributed by atoms with Crippen molar-refractivity contribution >= 4 is 46.6 Å². The van der Waals surface area contributed by atoms with Gasteiger partial charge in [0, 0.05) is 17.8 Å². The van der Waals surface area contributed by atoms with Gasteiger partial charge in [0.05, 0.1) is 5.69 Å². The monoisotopic (exact) mass is 447 g/mol. The highest BCUT2D eigenvalue weighted by Gasteiger charge is 2.37. The lowest BCUT2D eigenvalue weighted by Gasteiger charge is -2.47. The van der Waals surface area contributed by atoms with E-state index in [-0.39, 0.29) is 16.2 Å².